The molecule has 1 aromatic rings. The maximum absolute atomic E-state index is 12.5. The first kappa shape index (κ1) is 16.2. The molecule has 1 aromatic carbocycles. The number of hydrogen-bond donors (Lipinski definition) is 1. The zero-order chi connectivity index (χ0) is 15.6. The van der Waals surface area contributed by atoms with Crippen LogP contribution in [-0.2, 0) is 10.0 Å². The Morgan fingerprint density at radius 3 is 2.48 bits per heavy atom. The lowest BCUT2D eigenvalue weighted by molar-refractivity contribution is -0.384. The van der Waals surface area contributed by atoms with Gasteiger partial charge in [-0.1, -0.05) is 11.6 Å². The van der Waals surface area contributed by atoms with E-state index in [0.717, 1.165) is 18.2 Å². The van der Waals surface area contributed by atoms with Gasteiger partial charge in [0.25, 0.3) is 5.69 Å². The molecule has 2 rings (SSSR count). The van der Waals surface area contributed by atoms with Gasteiger partial charge < -0.3 is 5.11 Å². The van der Waals surface area contributed by atoms with Crippen LogP contribution in [0.1, 0.15) is 12.8 Å². The smallest absolute Gasteiger partial charge is 0.271 e. The Hall–Kier alpha value is -1.22. The van der Waals surface area contributed by atoms with Crippen LogP contribution < -0.4 is 0 Å². The Balaban J connectivity index is 2.26. The molecule has 1 saturated heterocycles. The molecule has 0 aliphatic carbocycles. The van der Waals surface area contributed by atoms with Gasteiger partial charge in [-0.25, -0.2) is 8.42 Å². The highest BCUT2D eigenvalue weighted by atomic mass is 35.5. The maximum Gasteiger partial charge on any atom is 0.271 e. The topological polar surface area (TPSA) is 101 Å². The van der Waals surface area contributed by atoms with Crippen molar-refractivity contribution in [3.63, 3.8) is 0 Å². The monoisotopic (exact) mass is 334 g/mol. The fraction of sp³-hybridized carbons (Fsp3) is 0.500. The van der Waals surface area contributed by atoms with Crippen molar-refractivity contribution < 1.29 is 18.4 Å². The van der Waals surface area contributed by atoms with E-state index >= 15 is 0 Å². The molecule has 9 heteroatoms. The average molecular weight is 335 g/mol. The van der Waals surface area contributed by atoms with Crippen molar-refractivity contribution in [2.24, 2.45) is 5.92 Å². The fourth-order valence-electron chi connectivity index (χ4n) is 2.28. The van der Waals surface area contributed by atoms with Crippen LogP contribution in [0.15, 0.2) is 23.1 Å². The van der Waals surface area contributed by atoms with Gasteiger partial charge in [0.05, 0.1) is 9.95 Å². The number of hydrogen-bond acceptors (Lipinski definition) is 5. The third-order valence-electron chi connectivity index (χ3n) is 3.58. The summed E-state index contributed by atoms with van der Waals surface area (Å²) in [5, 5.41) is 19.6. The Morgan fingerprint density at radius 1 is 1.38 bits per heavy atom. The van der Waals surface area contributed by atoms with Crippen LogP contribution in [0.3, 0.4) is 0 Å². The Bertz CT molecular complexity index is 641. The quantitative estimate of drug-likeness (QED) is 0.666. The van der Waals surface area contributed by atoms with Gasteiger partial charge >= 0.3 is 0 Å². The number of sulfonamides is 1. The van der Waals surface area contributed by atoms with E-state index < -0.39 is 14.9 Å². The van der Waals surface area contributed by atoms with Crippen molar-refractivity contribution in [2.75, 3.05) is 19.7 Å². The predicted octanol–water partition coefficient (Wildman–Crippen LogP) is 1.64. The number of aliphatic hydroxyl groups excluding tert-OH is 1. The van der Waals surface area contributed by atoms with Gasteiger partial charge in [0, 0.05) is 31.8 Å². The normalized spacial score (nSPS) is 17.8. The first-order valence-electron chi connectivity index (χ1n) is 6.41. The third-order valence-corrected chi connectivity index (χ3v) is 5.96. The summed E-state index contributed by atoms with van der Waals surface area (Å²) in [5.74, 6) is 0.115. The second-order valence-corrected chi connectivity index (χ2v) is 7.22. The second kappa shape index (κ2) is 6.27. The Morgan fingerprint density at radius 2 is 2.00 bits per heavy atom. The van der Waals surface area contributed by atoms with E-state index in [1.165, 1.54) is 4.31 Å². The lowest BCUT2D eigenvalue weighted by Gasteiger charge is -2.30. The summed E-state index contributed by atoms with van der Waals surface area (Å²) < 4.78 is 26.3. The molecule has 0 unspecified atom stereocenters. The molecule has 0 amide bonds. The van der Waals surface area contributed by atoms with Crippen LogP contribution >= 0.6 is 11.6 Å². The molecule has 7 nitrogen and oxygen atoms in total. The summed E-state index contributed by atoms with van der Waals surface area (Å²) in [5.41, 5.74) is -0.252. The summed E-state index contributed by atoms with van der Waals surface area (Å²) >= 11 is 5.88. The number of nitro benzene ring substituents is 1. The summed E-state index contributed by atoms with van der Waals surface area (Å²) in [6.07, 6.45) is 1.17. The lowest BCUT2D eigenvalue weighted by atomic mass is 10.00. The molecular weight excluding hydrogens is 320 g/mol. The number of halogens is 1. The summed E-state index contributed by atoms with van der Waals surface area (Å²) in [6.45, 7) is 0.661. The minimum absolute atomic E-state index is 0.0478. The van der Waals surface area contributed by atoms with Crippen LogP contribution in [0.5, 0.6) is 0 Å². The Labute approximate surface area is 127 Å². The van der Waals surface area contributed by atoms with E-state index in [2.05, 4.69) is 0 Å². The number of non-ortho nitro benzene ring substituents is 1. The molecule has 1 fully saturated rings. The average Bonchev–Trinajstić information content (AvgIpc) is 2.46. The highest BCUT2D eigenvalue weighted by Crippen LogP contribution is 2.30. The van der Waals surface area contributed by atoms with Crippen molar-refractivity contribution >= 4 is 27.3 Å². The number of nitrogens with zero attached hydrogens (tertiary/aromatic N) is 2. The van der Waals surface area contributed by atoms with Gasteiger partial charge in [-0.15, -0.1) is 0 Å². The summed E-state index contributed by atoms with van der Waals surface area (Å²) in [6, 6.07) is 3.32. The van der Waals surface area contributed by atoms with Crippen molar-refractivity contribution in [3.05, 3.63) is 33.3 Å². The molecule has 0 atom stereocenters. The molecule has 1 aliphatic heterocycles. The van der Waals surface area contributed by atoms with E-state index in [1.54, 1.807) is 0 Å². The first-order chi connectivity index (χ1) is 9.86. The summed E-state index contributed by atoms with van der Waals surface area (Å²) in [7, 11) is -3.77. The minimum Gasteiger partial charge on any atom is -0.396 e. The van der Waals surface area contributed by atoms with E-state index in [4.69, 9.17) is 16.7 Å². The third kappa shape index (κ3) is 3.34. The number of benzene rings is 1. The molecule has 0 radical (unpaired) electrons. The van der Waals surface area contributed by atoms with Gasteiger partial charge in [0.15, 0.2) is 0 Å². The standard InChI is InChI=1S/C12H15ClN2O5S/c13-11-7-10(15(17)18)1-2-12(11)21(19,20)14-5-3-9(8-16)4-6-14/h1-2,7,9,16H,3-6,8H2. The number of rotatable bonds is 4. The van der Waals surface area contributed by atoms with Crippen molar-refractivity contribution in [2.45, 2.75) is 17.7 Å². The molecule has 0 spiro atoms. The van der Waals surface area contributed by atoms with E-state index in [-0.39, 0.29) is 28.1 Å². The fourth-order valence-corrected chi connectivity index (χ4v) is 4.27. The van der Waals surface area contributed by atoms with E-state index in [1.807, 2.05) is 0 Å². The highest BCUT2D eigenvalue weighted by Gasteiger charge is 2.31. The van der Waals surface area contributed by atoms with Gasteiger partial charge in [0.1, 0.15) is 4.90 Å². The van der Waals surface area contributed by atoms with Crippen LogP contribution in [0.25, 0.3) is 0 Å². The van der Waals surface area contributed by atoms with Gasteiger partial charge in [-0.3, -0.25) is 10.1 Å². The molecule has 0 bridgehead atoms. The Kier molecular flexibility index (Phi) is 4.82. The lowest BCUT2D eigenvalue weighted by Crippen LogP contribution is -2.39. The number of nitro groups is 1. The van der Waals surface area contributed by atoms with Crippen molar-refractivity contribution in [1.82, 2.24) is 4.31 Å². The van der Waals surface area contributed by atoms with Crippen molar-refractivity contribution in [3.8, 4) is 0 Å². The molecule has 116 valence electrons. The SMILES string of the molecule is O=[N+]([O-])c1ccc(S(=O)(=O)N2CCC(CO)CC2)c(Cl)c1. The van der Waals surface area contributed by atoms with Crippen molar-refractivity contribution in [1.29, 1.82) is 0 Å². The molecule has 1 N–H and O–H groups in total. The summed E-state index contributed by atoms with van der Waals surface area (Å²) in [4.78, 5) is 9.89. The van der Waals surface area contributed by atoms with E-state index in [0.29, 0.717) is 25.9 Å². The zero-order valence-corrected chi connectivity index (χ0v) is 12.7. The van der Waals surface area contributed by atoms with E-state index in [9.17, 15) is 18.5 Å². The second-order valence-electron chi connectivity index (χ2n) is 4.90. The molecule has 1 aliphatic rings. The molecular formula is C12H15ClN2O5S. The van der Waals surface area contributed by atoms with Gasteiger partial charge in [-0.2, -0.15) is 4.31 Å². The largest absolute Gasteiger partial charge is 0.396 e. The van der Waals surface area contributed by atoms with Crippen LogP contribution in [0, 0.1) is 16.0 Å². The van der Waals surface area contributed by atoms with Crippen LogP contribution in [0.2, 0.25) is 5.02 Å². The predicted molar refractivity (Wildman–Crippen MR) is 76.7 cm³/mol. The van der Waals surface area contributed by atoms with Crippen LogP contribution in [-0.4, -0.2) is 42.4 Å². The maximum atomic E-state index is 12.5. The molecule has 0 saturated carbocycles. The molecule has 0 aromatic heterocycles. The van der Waals surface area contributed by atoms with Gasteiger partial charge in [-0.05, 0) is 24.8 Å². The van der Waals surface area contributed by atoms with Crippen LogP contribution in [0.4, 0.5) is 5.69 Å². The zero-order valence-electron chi connectivity index (χ0n) is 11.1. The molecule has 21 heavy (non-hydrogen) atoms. The highest BCUT2D eigenvalue weighted by molar-refractivity contribution is 7.89. The van der Waals surface area contributed by atoms with Gasteiger partial charge in [0.2, 0.25) is 10.0 Å². The number of aliphatic hydroxyl groups is 1. The molecule has 1 heterocycles. The number of piperidine rings is 1. The minimum atomic E-state index is -3.77. The first-order valence-corrected chi connectivity index (χ1v) is 8.23.